The van der Waals surface area contributed by atoms with Gasteiger partial charge in [-0.05, 0) is 57.9 Å². The van der Waals surface area contributed by atoms with Crippen molar-refractivity contribution >= 4 is 28.9 Å². The largest absolute Gasteiger partial charge is 0.477 e. The maximum absolute atomic E-state index is 13.8. The zero-order valence-corrected chi connectivity index (χ0v) is 19.5. The third-order valence-electron chi connectivity index (χ3n) is 7.24. The Balaban J connectivity index is 1.71. The SMILES string of the molecule is CC1=CC[C@H](C(=O)N(c2cc(C(C)(C)CO)sc2C(=O)O)C2CCC3(CC2)CO3)CC1. The number of rotatable bonds is 6. The van der Waals surface area contributed by atoms with E-state index >= 15 is 0 Å². The number of hydrogen-bond acceptors (Lipinski definition) is 5. The van der Waals surface area contributed by atoms with Crippen molar-refractivity contribution in [2.45, 2.75) is 82.8 Å². The number of ether oxygens (including phenoxy) is 1. The highest BCUT2D eigenvalue weighted by atomic mass is 32.1. The highest BCUT2D eigenvalue weighted by Gasteiger charge is 2.49. The van der Waals surface area contributed by atoms with Crippen LogP contribution in [0, 0.1) is 5.92 Å². The van der Waals surface area contributed by atoms with E-state index in [0.29, 0.717) is 12.1 Å². The number of carboxylic acids is 1. The van der Waals surface area contributed by atoms with E-state index in [2.05, 4.69) is 13.0 Å². The summed E-state index contributed by atoms with van der Waals surface area (Å²) in [6.45, 7) is 6.59. The summed E-state index contributed by atoms with van der Waals surface area (Å²) in [5, 5.41) is 19.8. The van der Waals surface area contributed by atoms with Crippen molar-refractivity contribution in [2.24, 2.45) is 5.92 Å². The van der Waals surface area contributed by atoms with Gasteiger partial charge in [0, 0.05) is 22.3 Å². The number of aromatic carboxylic acids is 1. The molecule has 1 saturated carbocycles. The third kappa shape index (κ3) is 4.45. The van der Waals surface area contributed by atoms with Gasteiger partial charge in [-0.1, -0.05) is 25.5 Å². The van der Waals surface area contributed by atoms with Gasteiger partial charge in [0.15, 0.2) is 0 Å². The second-order valence-corrected chi connectivity index (χ2v) is 11.2. The first-order valence-electron chi connectivity index (χ1n) is 11.3. The number of amides is 1. The predicted molar refractivity (Wildman–Crippen MR) is 121 cm³/mol. The Kier molecular flexibility index (Phi) is 6.05. The highest BCUT2D eigenvalue weighted by Crippen LogP contribution is 2.46. The summed E-state index contributed by atoms with van der Waals surface area (Å²) in [7, 11) is 0. The maximum atomic E-state index is 13.8. The van der Waals surface area contributed by atoms with E-state index in [0.717, 1.165) is 50.0 Å². The molecular weight excluding hydrogens is 414 g/mol. The number of aliphatic hydroxyl groups excluding tert-OH is 1. The summed E-state index contributed by atoms with van der Waals surface area (Å²) in [5.41, 5.74) is 1.26. The molecule has 1 amide bonds. The van der Waals surface area contributed by atoms with Crippen LogP contribution in [0.15, 0.2) is 17.7 Å². The predicted octanol–water partition coefficient (Wildman–Crippen LogP) is 4.51. The molecule has 0 aromatic carbocycles. The molecule has 1 aromatic rings. The molecule has 2 aliphatic carbocycles. The number of carboxylic acid groups (broad SMARTS) is 1. The van der Waals surface area contributed by atoms with Gasteiger partial charge < -0.3 is 19.8 Å². The minimum atomic E-state index is -1.02. The topological polar surface area (TPSA) is 90.4 Å². The number of epoxide rings is 1. The molecule has 2 N–H and O–H groups in total. The van der Waals surface area contributed by atoms with Crippen molar-refractivity contribution in [3.05, 3.63) is 27.5 Å². The normalized spacial score (nSPS) is 28.3. The van der Waals surface area contributed by atoms with Crippen molar-refractivity contribution in [1.82, 2.24) is 0 Å². The second-order valence-electron chi connectivity index (χ2n) is 10.1. The molecule has 6 nitrogen and oxygen atoms in total. The van der Waals surface area contributed by atoms with Gasteiger partial charge in [0.2, 0.25) is 5.91 Å². The lowest BCUT2D eigenvalue weighted by atomic mass is 9.83. The van der Waals surface area contributed by atoms with Crippen LogP contribution >= 0.6 is 11.3 Å². The Morgan fingerprint density at radius 2 is 1.97 bits per heavy atom. The van der Waals surface area contributed by atoms with E-state index in [9.17, 15) is 19.8 Å². The fourth-order valence-corrected chi connectivity index (χ4v) is 5.86. The van der Waals surface area contributed by atoms with Crippen molar-refractivity contribution in [3.63, 3.8) is 0 Å². The zero-order chi connectivity index (χ0) is 22.4. The van der Waals surface area contributed by atoms with Gasteiger partial charge in [-0.15, -0.1) is 11.3 Å². The van der Waals surface area contributed by atoms with Gasteiger partial charge in [0.25, 0.3) is 0 Å². The van der Waals surface area contributed by atoms with Gasteiger partial charge in [0.05, 0.1) is 24.5 Å². The number of aliphatic hydroxyl groups is 1. The Morgan fingerprint density at radius 1 is 1.29 bits per heavy atom. The van der Waals surface area contributed by atoms with E-state index in [1.165, 1.54) is 16.9 Å². The van der Waals surface area contributed by atoms with E-state index in [-0.39, 0.29) is 35.0 Å². The van der Waals surface area contributed by atoms with E-state index in [4.69, 9.17) is 4.74 Å². The molecule has 31 heavy (non-hydrogen) atoms. The molecule has 2 fully saturated rings. The number of anilines is 1. The zero-order valence-electron chi connectivity index (χ0n) is 18.6. The smallest absolute Gasteiger partial charge is 0.348 e. The molecule has 1 spiro atoms. The van der Waals surface area contributed by atoms with Crippen molar-refractivity contribution in [1.29, 1.82) is 0 Å². The second kappa shape index (κ2) is 8.34. The molecule has 170 valence electrons. The van der Waals surface area contributed by atoms with Crippen LogP contribution in [0.25, 0.3) is 0 Å². The molecule has 7 heteroatoms. The van der Waals surface area contributed by atoms with Gasteiger partial charge in [-0.25, -0.2) is 4.79 Å². The average molecular weight is 448 g/mol. The minimum Gasteiger partial charge on any atom is -0.477 e. The lowest BCUT2D eigenvalue weighted by Gasteiger charge is -2.38. The first-order chi connectivity index (χ1) is 14.7. The van der Waals surface area contributed by atoms with Crippen molar-refractivity contribution < 1.29 is 24.5 Å². The quantitative estimate of drug-likeness (QED) is 0.495. The fraction of sp³-hybridized carbons (Fsp3) is 0.667. The van der Waals surface area contributed by atoms with Gasteiger partial charge >= 0.3 is 5.97 Å². The van der Waals surface area contributed by atoms with E-state index < -0.39 is 11.4 Å². The number of allylic oxidation sites excluding steroid dienone is 2. The van der Waals surface area contributed by atoms with Crippen LogP contribution in [-0.4, -0.2) is 46.9 Å². The summed E-state index contributed by atoms with van der Waals surface area (Å²) in [6, 6.07) is 1.82. The molecule has 1 aromatic heterocycles. The number of carbonyl (C=O) groups excluding carboxylic acids is 1. The molecule has 0 bridgehead atoms. The molecule has 0 radical (unpaired) electrons. The van der Waals surface area contributed by atoms with Gasteiger partial charge in [0.1, 0.15) is 4.88 Å². The summed E-state index contributed by atoms with van der Waals surface area (Å²) >= 11 is 1.18. The maximum Gasteiger partial charge on any atom is 0.348 e. The molecule has 0 unspecified atom stereocenters. The molecule has 1 aliphatic heterocycles. The third-order valence-corrected chi connectivity index (χ3v) is 8.72. The minimum absolute atomic E-state index is 0.00419. The van der Waals surface area contributed by atoms with E-state index in [1.54, 1.807) is 0 Å². The van der Waals surface area contributed by atoms with E-state index in [1.807, 2.05) is 24.8 Å². The lowest BCUT2D eigenvalue weighted by Crippen LogP contribution is -2.47. The number of nitrogens with zero attached hydrogens (tertiary/aromatic N) is 1. The number of carbonyl (C=O) groups is 2. The van der Waals surface area contributed by atoms with Crippen LogP contribution in [0.2, 0.25) is 0 Å². The first-order valence-corrected chi connectivity index (χ1v) is 12.1. The van der Waals surface area contributed by atoms with Crippen LogP contribution in [-0.2, 0) is 14.9 Å². The summed E-state index contributed by atoms with van der Waals surface area (Å²) in [4.78, 5) is 28.8. The summed E-state index contributed by atoms with van der Waals surface area (Å²) < 4.78 is 5.65. The van der Waals surface area contributed by atoms with Crippen LogP contribution in [0.1, 0.15) is 80.3 Å². The van der Waals surface area contributed by atoms with Crippen molar-refractivity contribution in [2.75, 3.05) is 18.1 Å². The Labute approximate surface area is 187 Å². The molecule has 1 saturated heterocycles. The number of hydrogen-bond donors (Lipinski definition) is 2. The van der Waals surface area contributed by atoms with Crippen LogP contribution in [0.3, 0.4) is 0 Å². The Morgan fingerprint density at radius 3 is 2.48 bits per heavy atom. The van der Waals surface area contributed by atoms with Crippen molar-refractivity contribution in [3.8, 4) is 0 Å². The standard InChI is InChI=1S/C24H33NO5S/c1-15-4-6-16(7-5-15)21(27)25(17-8-10-24(11-9-17)14-30-24)18-12-19(23(2,3)13-26)31-20(18)22(28)29/h4,12,16-17,26H,5-11,13-14H2,1-3H3,(H,28,29)/t16-,17?,24?/m0/s1. The van der Waals surface area contributed by atoms with Crippen LogP contribution in [0.5, 0.6) is 0 Å². The summed E-state index contributed by atoms with van der Waals surface area (Å²) in [6.07, 6.45) is 8.02. The molecule has 4 rings (SSSR count). The molecular formula is C24H33NO5S. The average Bonchev–Trinajstić information content (AvgIpc) is 3.34. The molecule has 1 atom stereocenters. The molecule has 3 aliphatic rings. The monoisotopic (exact) mass is 447 g/mol. The Bertz CT molecular complexity index is 888. The van der Waals surface area contributed by atoms with Crippen LogP contribution in [0.4, 0.5) is 5.69 Å². The fourth-order valence-electron chi connectivity index (χ4n) is 4.78. The van der Waals surface area contributed by atoms with Gasteiger partial charge in [-0.2, -0.15) is 0 Å². The molecule has 2 heterocycles. The summed E-state index contributed by atoms with van der Waals surface area (Å²) in [5.74, 6) is -1.10. The Hall–Kier alpha value is -1.70. The highest BCUT2D eigenvalue weighted by molar-refractivity contribution is 7.14. The lowest BCUT2D eigenvalue weighted by molar-refractivity contribution is -0.123. The van der Waals surface area contributed by atoms with Gasteiger partial charge in [-0.3, -0.25) is 4.79 Å². The van der Waals surface area contributed by atoms with Crippen LogP contribution < -0.4 is 4.90 Å². The number of thiophene rings is 1. The first kappa shape index (κ1) is 22.5.